The quantitative estimate of drug-likeness (QED) is 0.684. The highest BCUT2D eigenvalue weighted by molar-refractivity contribution is 7.12. The Labute approximate surface area is 110 Å². The highest BCUT2D eigenvalue weighted by Crippen LogP contribution is 2.07. The predicted molar refractivity (Wildman–Crippen MR) is 70.6 cm³/mol. The van der Waals surface area contributed by atoms with Crippen LogP contribution in [0.2, 0.25) is 0 Å². The third-order valence-electron chi connectivity index (χ3n) is 2.39. The van der Waals surface area contributed by atoms with Gasteiger partial charge in [0.1, 0.15) is 0 Å². The maximum atomic E-state index is 11.5. The topological polar surface area (TPSA) is 78.4 Å². The number of hydrogen-bond acceptors (Lipinski definition) is 4. The molecule has 100 valence electrons. The minimum absolute atomic E-state index is 0.161. The van der Waals surface area contributed by atoms with E-state index in [1.807, 2.05) is 12.3 Å². The smallest absolute Gasteiger partial charge is 0.261 e. The molecule has 1 heterocycles. The van der Waals surface area contributed by atoms with E-state index >= 15 is 0 Å². The van der Waals surface area contributed by atoms with E-state index in [0.717, 1.165) is 0 Å². The highest BCUT2D eigenvalue weighted by Gasteiger charge is 2.08. The fourth-order valence-electron chi connectivity index (χ4n) is 1.25. The molecule has 0 aliphatic carbocycles. The van der Waals surface area contributed by atoms with Gasteiger partial charge in [0.2, 0.25) is 5.91 Å². The molecule has 0 aliphatic rings. The van der Waals surface area contributed by atoms with E-state index < -0.39 is 6.10 Å². The number of rotatable bonds is 7. The molecule has 1 aromatic rings. The summed E-state index contributed by atoms with van der Waals surface area (Å²) in [4.78, 5) is 23.5. The lowest BCUT2D eigenvalue weighted by atomic mass is 10.3. The van der Waals surface area contributed by atoms with Crippen LogP contribution in [0.3, 0.4) is 0 Å². The van der Waals surface area contributed by atoms with E-state index in [4.69, 9.17) is 0 Å². The van der Waals surface area contributed by atoms with E-state index in [1.165, 1.54) is 11.3 Å². The van der Waals surface area contributed by atoms with Crippen molar-refractivity contribution in [2.45, 2.75) is 25.9 Å². The molecule has 0 radical (unpaired) electrons. The second-order valence-corrected chi connectivity index (χ2v) is 4.80. The van der Waals surface area contributed by atoms with Gasteiger partial charge in [-0.25, -0.2) is 0 Å². The summed E-state index contributed by atoms with van der Waals surface area (Å²) in [6.45, 7) is 2.40. The number of aliphatic hydroxyl groups excluding tert-OH is 1. The first-order valence-corrected chi connectivity index (χ1v) is 6.78. The van der Waals surface area contributed by atoms with Crippen molar-refractivity contribution in [2.75, 3.05) is 13.1 Å². The summed E-state index contributed by atoms with van der Waals surface area (Å²) in [6.07, 6.45) is 0.317. The molecule has 1 rings (SSSR count). The van der Waals surface area contributed by atoms with Gasteiger partial charge in [-0.3, -0.25) is 9.59 Å². The van der Waals surface area contributed by atoms with E-state index in [1.54, 1.807) is 12.1 Å². The molecular weight excluding hydrogens is 252 g/mol. The summed E-state index contributed by atoms with van der Waals surface area (Å²) in [6, 6.07) is 3.54. The van der Waals surface area contributed by atoms with Crippen LogP contribution in [0.1, 0.15) is 29.4 Å². The molecule has 2 amide bonds. The maximum absolute atomic E-state index is 11.5. The van der Waals surface area contributed by atoms with E-state index in [-0.39, 0.29) is 24.8 Å². The van der Waals surface area contributed by atoms with Crippen LogP contribution >= 0.6 is 11.3 Å². The Bertz CT molecular complexity index is 379. The molecule has 0 bridgehead atoms. The molecule has 0 saturated heterocycles. The van der Waals surface area contributed by atoms with Crippen LogP contribution in [-0.2, 0) is 4.79 Å². The molecule has 1 aromatic heterocycles. The molecule has 0 fully saturated rings. The van der Waals surface area contributed by atoms with Crippen LogP contribution in [0.15, 0.2) is 17.5 Å². The van der Waals surface area contributed by atoms with Crippen LogP contribution in [0.5, 0.6) is 0 Å². The third kappa shape index (κ3) is 5.29. The van der Waals surface area contributed by atoms with Crippen molar-refractivity contribution in [1.29, 1.82) is 0 Å². The summed E-state index contributed by atoms with van der Waals surface area (Å²) < 4.78 is 0. The van der Waals surface area contributed by atoms with Crippen molar-refractivity contribution in [3.05, 3.63) is 22.4 Å². The van der Waals surface area contributed by atoms with Gasteiger partial charge in [-0.1, -0.05) is 13.0 Å². The van der Waals surface area contributed by atoms with Crippen LogP contribution in [0.4, 0.5) is 0 Å². The van der Waals surface area contributed by atoms with Gasteiger partial charge in [0.15, 0.2) is 0 Å². The Balaban J connectivity index is 2.14. The van der Waals surface area contributed by atoms with Crippen molar-refractivity contribution in [2.24, 2.45) is 0 Å². The summed E-state index contributed by atoms with van der Waals surface area (Å²) in [5, 5.41) is 16.4. The Kier molecular flexibility index (Phi) is 6.38. The fourth-order valence-corrected chi connectivity index (χ4v) is 1.89. The van der Waals surface area contributed by atoms with E-state index in [0.29, 0.717) is 17.8 Å². The molecule has 6 heteroatoms. The molecule has 0 spiro atoms. The van der Waals surface area contributed by atoms with Crippen molar-refractivity contribution in [3.8, 4) is 0 Å². The van der Waals surface area contributed by atoms with Crippen LogP contribution < -0.4 is 10.6 Å². The van der Waals surface area contributed by atoms with E-state index in [9.17, 15) is 14.7 Å². The normalized spacial score (nSPS) is 11.9. The molecular formula is C12H18N2O3S. The van der Waals surface area contributed by atoms with Crippen molar-refractivity contribution in [3.63, 3.8) is 0 Å². The standard InChI is InChI=1S/C12H18N2O3S/c1-2-9(15)8-14-11(16)5-6-13-12(17)10-4-3-7-18-10/h3-4,7,9,15H,2,5-6,8H2,1H3,(H,13,17)(H,14,16). The number of nitrogens with one attached hydrogen (secondary N) is 2. The Morgan fingerprint density at radius 1 is 1.44 bits per heavy atom. The molecule has 5 nitrogen and oxygen atoms in total. The lowest BCUT2D eigenvalue weighted by molar-refractivity contribution is -0.121. The molecule has 3 N–H and O–H groups in total. The van der Waals surface area contributed by atoms with Gasteiger partial charge in [-0.15, -0.1) is 11.3 Å². The minimum atomic E-state index is -0.505. The highest BCUT2D eigenvalue weighted by atomic mass is 32.1. The molecule has 0 aliphatic heterocycles. The van der Waals surface area contributed by atoms with Crippen LogP contribution in [0, 0.1) is 0 Å². The number of carbonyl (C=O) groups is 2. The lowest BCUT2D eigenvalue weighted by Crippen LogP contribution is -2.34. The third-order valence-corrected chi connectivity index (χ3v) is 3.26. The summed E-state index contributed by atoms with van der Waals surface area (Å²) in [5.74, 6) is -0.333. The van der Waals surface area contributed by atoms with Gasteiger partial charge in [0, 0.05) is 19.5 Å². The first-order valence-electron chi connectivity index (χ1n) is 5.90. The SMILES string of the molecule is CCC(O)CNC(=O)CCNC(=O)c1cccs1. The maximum Gasteiger partial charge on any atom is 0.261 e. The second-order valence-electron chi connectivity index (χ2n) is 3.85. The number of thiophene rings is 1. The number of amides is 2. The number of carbonyl (C=O) groups excluding carboxylic acids is 2. The van der Waals surface area contributed by atoms with Crippen molar-refractivity contribution in [1.82, 2.24) is 10.6 Å². The Morgan fingerprint density at radius 2 is 2.22 bits per heavy atom. The summed E-state index contributed by atoms with van der Waals surface area (Å²) in [7, 11) is 0. The monoisotopic (exact) mass is 270 g/mol. The van der Waals surface area contributed by atoms with Crippen molar-refractivity contribution < 1.29 is 14.7 Å². The average molecular weight is 270 g/mol. The zero-order valence-electron chi connectivity index (χ0n) is 10.3. The average Bonchev–Trinajstić information content (AvgIpc) is 2.89. The van der Waals surface area contributed by atoms with Gasteiger partial charge in [-0.05, 0) is 17.9 Å². The summed E-state index contributed by atoms with van der Waals surface area (Å²) in [5.41, 5.74) is 0. The minimum Gasteiger partial charge on any atom is -0.391 e. The molecule has 18 heavy (non-hydrogen) atoms. The van der Waals surface area contributed by atoms with Gasteiger partial charge in [0.25, 0.3) is 5.91 Å². The fraction of sp³-hybridized carbons (Fsp3) is 0.500. The van der Waals surface area contributed by atoms with Gasteiger partial charge >= 0.3 is 0 Å². The summed E-state index contributed by atoms with van der Waals surface area (Å²) >= 11 is 1.36. The number of aliphatic hydroxyl groups is 1. The zero-order chi connectivity index (χ0) is 13.4. The first kappa shape index (κ1) is 14.7. The van der Waals surface area contributed by atoms with Gasteiger partial charge in [0.05, 0.1) is 11.0 Å². The van der Waals surface area contributed by atoms with Crippen LogP contribution in [0.25, 0.3) is 0 Å². The first-order chi connectivity index (χ1) is 8.63. The van der Waals surface area contributed by atoms with Gasteiger partial charge < -0.3 is 15.7 Å². The van der Waals surface area contributed by atoms with E-state index in [2.05, 4.69) is 10.6 Å². The molecule has 0 saturated carbocycles. The largest absolute Gasteiger partial charge is 0.391 e. The predicted octanol–water partition coefficient (Wildman–Crippen LogP) is 0.755. The van der Waals surface area contributed by atoms with Crippen molar-refractivity contribution >= 4 is 23.2 Å². The van der Waals surface area contributed by atoms with Gasteiger partial charge in [-0.2, -0.15) is 0 Å². The Morgan fingerprint density at radius 3 is 2.83 bits per heavy atom. The molecule has 1 atom stereocenters. The Hall–Kier alpha value is -1.40. The second kappa shape index (κ2) is 7.84. The number of hydrogen-bond donors (Lipinski definition) is 3. The lowest BCUT2D eigenvalue weighted by Gasteiger charge is -2.09. The zero-order valence-corrected chi connectivity index (χ0v) is 11.1. The van der Waals surface area contributed by atoms with Crippen LogP contribution in [-0.4, -0.2) is 36.1 Å². The molecule has 0 aromatic carbocycles. The molecule has 1 unspecified atom stereocenters.